The zero-order valence-corrected chi connectivity index (χ0v) is 13.5. The van der Waals surface area contributed by atoms with Crippen LogP contribution in [0.15, 0.2) is 42.2 Å². The number of ether oxygens (including phenoxy) is 3. The molecule has 23 heavy (non-hydrogen) atoms. The first-order valence-electron chi connectivity index (χ1n) is 7.17. The lowest BCUT2D eigenvalue weighted by molar-refractivity contribution is 0.101. The fourth-order valence-corrected chi connectivity index (χ4v) is 2.51. The van der Waals surface area contributed by atoms with Gasteiger partial charge in [0.25, 0.3) is 0 Å². The first-order valence-corrected chi connectivity index (χ1v) is 7.55. The third kappa shape index (κ3) is 2.90. The number of halogens is 1. The van der Waals surface area contributed by atoms with Gasteiger partial charge in [-0.05, 0) is 42.8 Å². The number of methoxy groups -OCH3 is 1. The summed E-state index contributed by atoms with van der Waals surface area (Å²) in [6.07, 6.45) is 1.68. The highest BCUT2D eigenvalue weighted by molar-refractivity contribution is 6.30. The van der Waals surface area contributed by atoms with Crippen molar-refractivity contribution in [2.24, 2.45) is 0 Å². The minimum Gasteiger partial charge on any atom is -0.493 e. The molecule has 0 radical (unpaired) electrons. The quantitative estimate of drug-likeness (QED) is 0.781. The molecule has 1 aliphatic heterocycles. The summed E-state index contributed by atoms with van der Waals surface area (Å²) in [7, 11) is 1.54. The number of carbonyl (C=O) groups is 1. The van der Waals surface area contributed by atoms with Crippen LogP contribution in [0.2, 0.25) is 5.02 Å². The summed E-state index contributed by atoms with van der Waals surface area (Å²) >= 11 is 5.87. The van der Waals surface area contributed by atoms with E-state index in [1.165, 1.54) is 7.11 Å². The van der Waals surface area contributed by atoms with Crippen molar-refractivity contribution in [3.63, 3.8) is 0 Å². The van der Waals surface area contributed by atoms with Crippen LogP contribution in [0.4, 0.5) is 0 Å². The molecule has 0 aliphatic carbocycles. The number of hydrogen-bond donors (Lipinski definition) is 0. The van der Waals surface area contributed by atoms with Crippen molar-refractivity contribution < 1.29 is 19.0 Å². The fraction of sp³-hybridized carbons (Fsp3) is 0.167. The maximum Gasteiger partial charge on any atom is 0.235 e. The van der Waals surface area contributed by atoms with Gasteiger partial charge in [0.05, 0.1) is 13.7 Å². The maximum atomic E-state index is 12.7. The average molecular weight is 331 g/mol. The molecule has 2 aromatic carbocycles. The molecule has 0 atom stereocenters. The highest BCUT2D eigenvalue weighted by atomic mass is 35.5. The Morgan fingerprint density at radius 3 is 2.57 bits per heavy atom. The Kier molecular flexibility index (Phi) is 4.26. The topological polar surface area (TPSA) is 44.8 Å². The Labute approximate surface area is 139 Å². The molecule has 1 heterocycles. The minimum atomic E-state index is -0.225. The molecule has 5 heteroatoms. The molecule has 4 nitrogen and oxygen atoms in total. The monoisotopic (exact) mass is 330 g/mol. The number of fused-ring (bicyclic) bond motifs is 1. The number of benzene rings is 2. The minimum absolute atomic E-state index is 0.225. The lowest BCUT2D eigenvalue weighted by Gasteiger charge is -2.11. The summed E-state index contributed by atoms with van der Waals surface area (Å²) in [6, 6.07) is 10.6. The van der Waals surface area contributed by atoms with E-state index in [2.05, 4.69) is 0 Å². The van der Waals surface area contributed by atoms with Gasteiger partial charge in [-0.15, -0.1) is 0 Å². The van der Waals surface area contributed by atoms with Crippen molar-refractivity contribution in [3.8, 4) is 17.2 Å². The van der Waals surface area contributed by atoms with Crippen molar-refractivity contribution in [1.29, 1.82) is 0 Å². The first-order chi connectivity index (χ1) is 11.1. The van der Waals surface area contributed by atoms with E-state index in [1.807, 2.05) is 19.1 Å². The Hall–Kier alpha value is -2.46. The van der Waals surface area contributed by atoms with Crippen molar-refractivity contribution in [3.05, 3.63) is 58.3 Å². The highest BCUT2D eigenvalue weighted by Crippen LogP contribution is 2.43. The number of ketones is 1. The van der Waals surface area contributed by atoms with Crippen LogP contribution in [-0.2, 0) is 0 Å². The second-order valence-corrected chi connectivity index (χ2v) is 5.33. The summed E-state index contributed by atoms with van der Waals surface area (Å²) in [4.78, 5) is 12.7. The van der Waals surface area contributed by atoms with E-state index >= 15 is 0 Å². The lowest BCUT2D eigenvalue weighted by atomic mass is 10.1. The molecule has 1 aliphatic rings. The van der Waals surface area contributed by atoms with Crippen LogP contribution >= 0.6 is 11.6 Å². The van der Waals surface area contributed by atoms with E-state index in [0.717, 1.165) is 5.56 Å². The van der Waals surface area contributed by atoms with Crippen LogP contribution in [0.3, 0.4) is 0 Å². The van der Waals surface area contributed by atoms with E-state index in [9.17, 15) is 4.79 Å². The van der Waals surface area contributed by atoms with E-state index in [1.54, 1.807) is 30.3 Å². The second kappa shape index (κ2) is 6.34. The number of Topliss-reactive ketones (excluding diaryl/α,β-unsaturated/α-hetero) is 1. The van der Waals surface area contributed by atoms with Gasteiger partial charge < -0.3 is 14.2 Å². The highest BCUT2D eigenvalue weighted by Gasteiger charge is 2.33. The van der Waals surface area contributed by atoms with Gasteiger partial charge in [0.15, 0.2) is 17.3 Å². The molecule has 0 saturated carbocycles. The van der Waals surface area contributed by atoms with Crippen LogP contribution in [-0.4, -0.2) is 19.5 Å². The number of carbonyl (C=O) groups excluding carboxylic acids is 1. The molecule has 0 N–H and O–H groups in total. The number of hydrogen-bond acceptors (Lipinski definition) is 4. The van der Waals surface area contributed by atoms with Crippen molar-refractivity contribution in [2.45, 2.75) is 6.92 Å². The van der Waals surface area contributed by atoms with Gasteiger partial charge in [0.2, 0.25) is 5.78 Å². The van der Waals surface area contributed by atoms with Crippen LogP contribution in [0, 0.1) is 0 Å². The molecule has 0 fully saturated rings. The third-order valence-corrected chi connectivity index (χ3v) is 3.68. The fourth-order valence-electron chi connectivity index (χ4n) is 2.39. The zero-order chi connectivity index (χ0) is 16.4. The third-order valence-electron chi connectivity index (χ3n) is 3.43. The van der Waals surface area contributed by atoms with Gasteiger partial charge in [-0.3, -0.25) is 4.79 Å². The SMILES string of the molecule is CCOc1c(OC)ccc2c1C(=O)/C(=C/c1ccc(Cl)cc1)O2. The first kappa shape index (κ1) is 15.4. The second-order valence-electron chi connectivity index (χ2n) is 4.89. The summed E-state index contributed by atoms with van der Waals surface area (Å²) in [6.45, 7) is 2.28. The predicted octanol–water partition coefficient (Wildman–Crippen LogP) is 4.36. The molecule has 2 aromatic rings. The molecule has 0 spiro atoms. The van der Waals surface area contributed by atoms with Gasteiger partial charge in [0.1, 0.15) is 11.3 Å². The molecule has 0 unspecified atom stereocenters. The summed E-state index contributed by atoms with van der Waals surface area (Å²) in [5.41, 5.74) is 1.22. The Bertz CT molecular complexity index is 778. The summed E-state index contributed by atoms with van der Waals surface area (Å²) in [5, 5.41) is 0.637. The van der Waals surface area contributed by atoms with Gasteiger partial charge in [-0.2, -0.15) is 0 Å². The normalized spacial score (nSPS) is 14.6. The molecule has 0 bridgehead atoms. The van der Waals surface area contributed by atoms with Gasteiger partial charge in [-0.1, -0.05) is 23.7 Å². The smallest absolute Gasteiger partial charge is 0.235 e. The Morgan fingerprint density at radius 2 is 1.91 bits per heavy atom. The van der Waals surface area contributed by atoms with E-state index in [0.29, 0.717) is 34.4 Å². The molecule has 118 valence electrons. The Morgan fingerprint density at radius 1 is 1.17 bits per heavy atom. The average Bonchev–Trinajstić information content (AvgIpc) is 2.87. The largest absolute Gasteiger partial charge is 0.493 e. The molecule has 0 aromatic heterocycles. The van der Waals surface area contributed by atoms with E-state index < -0.39 is 0 Å². The van der Waals surface area contributed by atoms with Crippen molar-refractivity contribution in [2.75, 3.05) is 13.7 Å². The zero-order valence-electron chi connectivity index (χ0n) is 12.8. The van der Waals surface area contributed by atoms with E-state index in [4.69, 9.17) is 25.8 Å². The summed E-state index contributed by atoms with van der Waals surface area (Å²) < 4.78 is 16.5. The van der Waals surface area contributed by atoms with Gasteiger partial charge in [0, 0.05) is 5.02 Å². The van der Waals surface area contributed by atoms with Crippen LogP contribution in [0.1, 0.15) is 22.8 Å². The standard InChI is InChI=1S/C18H15ClO4/c1-3-22-18-14(21-2)9-8-13-16(18)17(20)15(23-13)10-11-4-6-12(19)7-5-11/h4-10H,3H2,1-2H3/b15-10-. The molecule has 3 rings (SSSR count). The summed E-state index contributed by atoms with van der Waals surface area (Å²) in [5.74, 6) is 1.42. The Balaban J connectivity index is 2.02. The number of allylic oxidation sites excluding steroid dienone is 1. The van der Waals surface area contributed by atoms with Crippen LogP contribution in [0.25, 0.3) is 6.08 Å². The van der Waals surface area contributed by atoms with Crippen LogP contribution < -0.4 is 14.2 Å². The van der Waals surface area contributed by atoms with E-state index in [-0.39, 0.29) is 11.5 Å². The van der Waals surface area contributed by atoms with Crippen molar-refractivity contribution in [1.82, 2.24) is 0 Å². The molecule has 0 amide bonds. The maximum absolute atomic E-state index is 12.7. The van der Waals surface area contributed by atoms with Crippen molar-refractivity contribution >= 4 is 23.5 Å². The molecular weight excluding hydrogens is 316 g/mol. The molecular formula is C18H15ClO4. The van der Waals surface area contributed by atoms with Crippen LogP contribution in [0.5, 0.6) is 17.2 Å². The lowest BCUT2D eigenvalue weighted by Crippen LogP contribution is -2.03. The molecule has 0 saturated heterocycles. The predicted molar refractivity (Wildman–Crippen MR) is 88.6 cm³/mol. The number of rotatable bonds is 4. The van der Waals surface area contributed by atoms with Gasteiger partial charge >= 0.3 is 0 Å². The van der Waals surface area contributed by atoms with Gasteiger partial charge in [-0.25, -0.2) is 0 Å².